The Morgan fingerprint density at radius 2 is 1.74 bits per heavy atom. The third-order valence-corrected chi connectivity index (χ3v) is 5.92. The number of benzene rings is 2. The molecule has 178 valence electrons. The molecule has 0 spiro atoms. The summed E-state index contributed by atoms with van der Waals surface area (Å²) in [6, 6.07) is 13.7. The molecule has 3 aromatic rings. The molecule has 1 aliphatic carbocycles. The van der Waals surface area contributed by atoms with Gasteiger partial charge in [0.2, 0.25) is 0 Å². The molecule has 9 heteroatoms. The topological polar surface area (TPSA) is 80.3 Å². The number of nitrogens with zero attached hydrogens (tertiary/aromatic N) is 1. The molecule has 1 aliphatic rings. The lowest BCUT2D eigenvalue weighted by atomic mass is 9.90. The number of pyridine rings is 1. The zero-order valence-electron chi connectivity index (χ0n) is 18.5. The summed E-state index contributed by atoms with van der Waals surface area (Å²) in [5, 5.41) is 6.86. The van der Waals surface area contributed by atoms with E-state index in [1.807, 2.05) is 0 Å². The van der Waals surface area contributed by atoms with E-state index < -0.39 is 17.8 Å². The second-order valence-electron chi connectivity index (χ2n) is 8.32. The van der Waals surface area contributed by atoms with Gasteiger partial charge in [-0.3, -0.25) is 4.79 Å². The molecule has 34 heavy (non-hydrogen) atoms. The molecule has 2 atom stereocenters. The second-order valence-corrected chi connectivity index (χ2v) is 8.32. The first kappa shape index (κ1) is 23.5. The Bertz CT molecular complexity index is 1210. The van der Waals surface area contributed by atoms with Gasteiger partial charge in [0.25, 0.3) is 5.91 Å². The number of hydrogen-bond acceptors (Lipinski definition) is 5. The van der Waals surface area contributed by atoms with Crippen LogP contribution in [0, 0.1) is 0 Å². The van der Waals surface area contributed by atoms with Gasteiger partial charge in [0.1, 0.15) is 5.69 Å². The Kier molecular flexibility index (Phi) is 6.72. The maximum atomic E-state index is 13.4. The van der Waals surface area contributed by atoms with E-state index in [1.165, 1.54) is 13.2 Å². The minimum absolute atomic E-state index is 0.118. The lowest BCUT2D eigenvalue weighted by Crippen LogP contribution is -2.41. The Balaban J connectivity index is 1.48. The summed E-state index contributed by atoms with van der Waals surface area (Å²) in [5.41, 5.74) is 0.322. The highest BCUT2D eigenvalue weighted by Crippen LogP contribution is 2.34. The molecule has 1 saturated carbocycles. The molecule has 1 amide bonds. The molecule has 0 aliphatic heterocycles. The minimum Gasteiger partial charge on any atom is -0.465 e. The molecule has 0 saturated heterocycles. The number of ether oxygens (including phenoxy) is 1. The molecule has 0 radical (unpaired) electrons. The molecule has 4 rings (SSSR count). The van der Waals surface area contributed by atoms with Crippen LogP contribution in [0.2, 0.25) is 0 Å². The lowest BCUT2D eigenvalue weighted by molar-refractivity contribution is -0.140. The van der Waals surface area contributed by atoms with Crippen molar-refractivity contribution in [2.45, 2.75) is 43.9 Å². The van der Waals surface area contributed by atoms with Gasteiger partial charge in [-0.15, -0.1) is 0 Å². The highest BCUT2D eigenvalue weighted by atomic mass is 19.4. The zero-order chi connectivity index (χ0) is 24.3. The first-order valence-electron chi connectivity index (χ1n) is 11.0. The number of carbonyl (C=O) groups excluding carboxylic acids is 2. The van der Waals surface area contributed by atoms with Crippen LogP contribution in [0.3, 0.4) is 0 Å². The number of nitrogens with one attached hydrogen (secondary N) is 2. The quantitative estimate of drug-likeness (QED) is 0.501. The first-order chi connectivity index (χ1) is 16.2. The van der Waals surface area contributed by atoms with E-state index in [0.29, 0.717) is 23.1 Å². The third kappa shape index (κ3) is 5.30. The Morgan fingerprint density at radius 1 is 1.00 bits per heavy atom. The van der Waals surface area contributed by atoms with E-state index >= 15 is 0 Å². The van der Waals surface area contributed by atoms with Crippen molar-refractivity contribution in [3.8, 4) is 0 Å². The van der Waals surface area contributed by atoms with Crippen molar-refractivity contribution in [3.63, 3.8) is 0 Å². The predicted molar refractivity (Wildman–Crippen MR) is 122 cm³/mol. The molecule has 1 heterocycles. The number of fused-ring (bicyclic) bond motifs is 1. The number of hydrogen-bond donors (Lipinski definition) is 2. The van der Waals surface area contributed by atoms with E-state index in [9.17, 15) is 22.8 Å². The van der Waals surface area contributed by atoms with Gasteiger partial charge in [0, 0.05) is 28.7 Å². The number of aromatic nitrogens is 1. The van der Waals surface area contributed by atoms with Crippen LogP contribution in [-0.4, -0.2) is 36.1 Å². The van der Waals surface area contributed by atoms with Gasteiger partial charge in [-0.05, 0) is 56.0 Å². The Hall–Kier alpha value is -3.62. The number of amides is 1. The molecular weight excluding hydrogens is 447 g/mol. The minimum atomic E-state index is -4.55. The maximum Gasteiger partial charge on any atom is 0.433 e. The number of halogens is 3. The summed E-state index contributed by atoms with van der Waals surface area (Å²) in [6.07, 6.45) is -1.67. The number of para-hydroxylation sites is 1. The predicted octanol–water partition coefficient (Wildman–Crippen LogP) is 5.19. The number of carbonyl (C=O) groups is 2. The van der Waals surface area contributed by atoms with Crippen LogP contribution in [0.25, 0.3) is 10.9 Å². The molecule has 0 unspecified atom stereocenters. The molecular formula is C25H24F3N3O3. The number of anilines is 1. The summed E-state index contributed by atoms with van der Waals surface area (Å²) in [5.74, 6) is -0.843. The van der Waals surface area contributed by atoms with Crippen molar-refractivity contribution in [1.82, 2.24) is 10.3 Å². The van der Waals surface area contributed by atoms with Gasteiger partial charge >= 0.3 is 12.1 Å². The van der Waals surface area contributed by atoms with Crippen LogP contribution in [0.5, 0.6) is 0 Å². The SMILES string of the molecule is COC(=O)c1cccc(C(=O)N[C@@H]2CCC[C@H](Nc3cc(C(F)(F)F)nc4ccccc34)C2)c1. The standard InChI is InChI=1S/C25H24F3N3O3/c1-34-24(33)16-7-4-6-15(12-16)23(32)30-18-9-5-8-17(13-18)29-21-14-22(25(26,27)28)31-20-11-3-2-10-19(20)21/h2-4,6-7,10-12,14,17-18H,5,8-9,13H2,1H3,(H,29,31)(H,30,32)/t17-,18+/m0/s1. The lowest BCUT2D eigenvalue weighted by Gasteiger charge is -2.31. The van der Waals surface area contributed by atoms with Gasteiger partial charge in [-0.2, -0.15) is 13.2 Å². The number of methoxy groups -OCH3 is 1. The molecule has 1 fully saturated rings. The van der Waals surface area contributed by atoms with Gasteiger partial charge in [-0.25, -0.2) is 9.78 Å². The number of alkyl halides is 3. The van der Waals surface area contributed by atoms with Crippen molar-refractivity contribution in [2.24, 2.45) is 0 Å². The zero-order valence-corrected chi connectivity index (χ0v) is 18.5. The fourth-order valence-electron chi connectivity index (χ4n) is 4.29. The maximum absolute atomic E-state index is 13.4. The first-order valence-corrected chi connectivity index (χ1v) is 11.0. The molecule has 0 bridgehead atoms. The molecule has 6 nitrogen and oxygen atoms in total. The average molecular weight is 471 g/mol. The van der Waals surface area contributed by atoms with E-state index in [0.717, 1.165) is 25.3 Å². The fourth-order valence-corrected chi connectivity index (χ4v) is 4.29. The van der Waals surface area contributed by atoms with Crippen LogP contribution >= 0.6 is 0 Å². The highest BCUT2D eigenvalue weighted by molar-refractivity contribution is 5.98. The summed E-state index contributed by atoms with van der Waals surface area (Å²) in [6.45, 7) is 0. The highest BCUT2D eigenvalue weighted by Gasteiger charge is 2.34. The van der Waals surface area contributed by atoms with Crippen LogP contribution in [-0.2, 0) is 10.9 Å². The van der Waals surface area contributed by atoms with Crippen LogP contribution in [0.15, 0.2) is 54.6 Å². The van der Waals surface area contributed by atoms with Crippen molar-refractivity contribution < 1.29 is 27.5 Å². The van der Waals surface area contributed by atoms with Crippen molar-refractivity contribution >= 4 is 28.5 Å². The molecule has 2 aromatic carbocycles. The van der Waals surface area contributed by atoms with Gasteiger partial charge in [-0.1, -0.05) is 24.3 Å². The number of esters is 1. The van der Waals surface area contributed by atoms with E-state index in [2.05, 4.69) is 15.6 Å². The van der Waals surface area contributed by atoms with Gasteiger partial charge in [0.15, 0.2) is 0 Å². The number of rotatable bonds is 5. The Morgan fingerprint density at radius 3 is 2.50 bits per heavy atom. The molecule has 2 N–H and O–H groups in total. The Labute approximate surface area is 194 Å². The summed E-state index contributed by atoms with van der Waals surface area (Å²) in [4.78, 5) is 28.2. The fraction of sp³-hybridized carbons (Fsp3) is 0.320. The van der Waals surface area contributed by atoms with Crippen LogP contribution in [0.1, 0.15) is 52.1 Å². The van der Waals surface area contributed by atoms with Crippen LogP contribution < -0.4 is 10.6 Å². The second kappa shape index (κ2) is 9.70. The van der Waals surface area contributed by atoms with E-state index in [-0.39, 0.29) is 29.1 Å². The van der Waals surface area contributed by atoms with Crippen LogP contribution in [0.4, 0.5) is 18.9 Å². The van der Waals surface area contributed by atoms with Crippen molar-refractivity contribution in [3.05, 3.63) is 71.4 Å². The van der Waals surface area contributed by atoms with Crippen molar-refractivity contribution in [1.29, 1.82) is 0 Å². The van der Waals surface area contributed by atoms with E-state index in [4.69, 9.17) is 4.74 Å². The van der Waals surface area contributed by atoms with Crippen molar-refractivity contribution in [2.75, 3.05) is 12.4 Å². The van der Waals surface area contributed by atoms with Gasteiger partial charge < -0.3 is 15.4 Å². The van der Waals surface area contributed by atoms with Gasteiger partial charge in [0.05, 0.1) is 18.2 Å². The largest absolute Gasteiger partial charge is 0.465 e. The smallest absolute Gasteiger partial charge is 0.433 e. The summed E-state index contributed by atoms with van der Waals surface area (Å²) < 4.78 is 44.8. The third-order valence-electron chi connectivity index (χ3n) is 5.92. The van der Waals surface area contributed by atoms with E-state index in [1.54, 1.807) is 42.5 Å². The molecule has 1 aromatic heterocycles. The normalized spacial score (nSPS) is 18.4. The summed E-state index contributed by atoms with van der Waals surface area (Å²) >= 11 is 0. The average Bonchev–Trinajstić information content (AvgIpc) is 2.83. The monoisotopic (exact) mass is 471 g/mol. The summed E-state index contributed by atoms with van der Waals surface area (Å²) in [7, 11) is 1.27.